The van der Waals surface area contributed by atoms with E-state index in [1.165, 1.54) is 12.1 Å². The molecule has 164 valence electrons. The smallest absolute Gasteiger partial charge is 0.338 e. The molecule has 0 spiro atoms. The van der Waals surface area contributed by atoms with Crippen molar-refractivity contribution >= 4 is 23.4 Å². The number of hydrogen-bond donors (Lipinski definition) is 0. The molecule has 1 aromatic carbocycles. The quantitative estimate of drug-likeness (QED) is 0.278. The van der Waals surface area contributed by atoms with Crippen molar-refractivity contribution in [2.24, 2.45) is 0 Å². The first-order valence-electron chi connectivity index (χ1n) is 9.59. The lowest BCUT2D eigenvalue weighted by Crippen LogP contribution is -2.18. The molecule has 10 nitrogen and oxygen atoms in total. The highest BCUT2D eigenvalue weighted by Crippen LogP contribution is 2.31. The predicted molar refractivity (Wildman–Crippen MR) is 115 cm³/mol. The van der Waals surface area contributed by atoms with E-state index in [0.717, 1.165) is 23.1 Å². The SMILES string of the molecule is CCOC(=O)c1ccc(-n2oc(C)c(C(C)SCCn3ccnc3)c2=O)c([N+](=O)[O-])c1. The van der Waals surface area contributed by atoms with Crippen LogP contribution in [-0.2, 0) is 11.3 Å². The lowest BCUT2D eigenvalue weighted by molar-refractivity contribution is -0.384. The maximum Gasteiger partial charge on any atom is 0.338 e. The summed E-state index contributed by atoms with van der Waals surface area (Å²) in [6.07, 6.45) is 5.29. The van der Waals surface area contributed by atoms with Crippen molar-refractivity contribution in [3.63, 3.8) is 0 Å². The molecule has 0 N–H and O–H groups in total. The van der Waals surface area contributed by atoms with Gasteiger partial charge >= 0.3 is 5.97 Å². The first-order chi connectivity index (χ1) is 14.8. The Bertz CT molecular complexity index is 1140. The molecule has 11 heteroatoms. The number of ether oxygens (including phenoxy) is 1. The minimum atomic E-state index is -0.677. The van der Waals surface area contributed by atoms with E-state index in [4.69, 9.17) is 9.26 Å². The van der Waals surface area contributed by atoms with Gasteiger partial charge in [0.15, 0.2) is 5.69 Å². The molecule has 0 radical (unpaired) electrons. The van der Waals surface area contributed by atoms with Gasteiger partial charge in [-0.3, -0.25) is 14.9 Å². The zero-order valence-corrected chi connectivity index (χ0v) is 18.1. The largest absolute Gasteiger partial charge is 0.462 e. The molecule has 0 fully saturated rings. The van der Waals surface area contributed by atoms with Crippen molar-refractivity contribution in [1.82, 2.24) is 14.3 Å². The van der Waals surface area contributed by atoms with E-state index >= 15 is 0 Å². The van der Waals surface area contributed by atoms with E-state index in [1.807, 2.05) is 17.7 Å². The fourth-order valence-electron chi connectivity index (χ4n) is 3.13. The first kappa shape index (κ1) is 22.3. The number of nitrogens with zero attached hydrogens (tertiary/aromatic N) is 4. The Morgan fingerprint density at radius 1 is 1.42 bits per heavy atom. The van der Waals surface area contributed by atoms with Crippen molar-refractivity contribution in [2.45, 2.75) is 32.6 Å². The maximum absolute atomic E-state index is 13.0. The van der Waals surface area contributed by atoms with Crippen LogP contribution in [0.15, 0.2) is 46.2 Å². The van der Waals surface area contributed by atoms with Gasteiger partial charge in [-0.05, 0) is 32.9 Å². The number of hydrogen-bond acceptors (Lipinski definition) is 8. The predicted octanol–water partition coefficient (Wildman–Crippen LogP) is 3.51. The van der Waals surface area contributed by atoms with Gasteiger partial charge in [-0.15, -0.1) is 4.74 Å². The number of carbonyl (C=O) groups is 1. The van der Waals surface area contributed by atoms with E-state index in [9.17, 15) is 19.7 Å². The van der Waals surface area contributed by atoms with Crippen LogP contribution < -0.4 is 5.56 Å². The molecule has 3 rings (SSSR count). The van der Waals surface area contributed by atoms with Gasteiger partial charge in [0.05, 0.1) is 29.0 Å². The van der Waals surface area contributed by atoms with Gasteiger partial charge in [-0.2, -0.15) is 11.8 Å². The summed E-state index contributed by atoms with van der Waals surface area (Å²) in [5.41, 5.74) is -0.467. The summed E-state index contributed by atoms with van der Waals surface area (Å²) in [7, 11) is 0. The molecular weight excluding hydrogens is 424 g/mol. The van der Waals surface area contributed by atoms with Crippen LogP contribution in [0.2, 0.25) is 0 Å². The Morgan fingerprint density at radius 2 is 2.19 bits per heavy atom. The molecule has 0 bridgehead atoms. The van der Waals surface area contributed by atoms with Gasteiger partial charge in [0, 0.05) is 36.0 Å². The number of aromatic nitrogens is 3. The highest BCUT2D eigenvalue weighted by atomic mass is 32.2. The molecule has 2 heterocycles. The van der Waals surface area contributed by atoms with Crippen LogP contribution in [0.3, 0.4) is 0 Å². The average Bonchev–Trinajstić information content (AvgIpc) is 3.35. The maximum atomic E-state index is 13.0. The van der Waals surface area contributed by atoms with E-state index in [2.05, 4.69) is 4.98 Å². The highest BCUT2D eigenvalue weighted by Gasteiger charge is 2.26. The number of thioether (sulfide) groups is 1. The fraction of sp³-hybridized carbons (Fsp3) is 0.350. The normalized spacial score (nSPS) is 12.0. The lowest BCUT2D eigenvalue weighted by atomic mass is 10.1. The molecule has 0 saturated carbocycles. The summed E-state index contributed by atoms with van der Waals surface area (Å²) in [5.74, 6) is 0.454. The van der Waals surface area contributed by atoms with E-state index in [0.29, 0.717) is 11.3 Å². The van der Waals surface area contributed by atoms with Gasteiger partial charge in [-0.25, -0.2) is 9.78 Å². The molecule has 3 aromatic rings. The summed E-state index contributed by atoms with van der Waals surface area (Å²) in [6, 6.07) is 3.77. The molecular formula is C20H22N4O6S. The number of aryl methyl sites for hydroxylation is 2. The van der Waals surface area contributed by atoms with Gasteiger partial charge in [-0.1, -0.05) is 0 Å². The number of benzene rings is 1. The Labute approximate surface area is 181 Å². The van der Waals surface area contributed by atoms with Crippen molar-refractivity contribution < 1.29 is 19.0 Å². The summed E-state index contributed by atoms with van der Waals surface area (Å²) < 4.78 is 13.3. The Morgan fingerprint density at radius 3 is 2.84 bits per heavy atom. The third-order valence-corrected chi connectivity index (χ3v) is 5.76. The number of carbonyl (C=O) groups excluding carboxylic acids is 1. The summed E-state index contributed by atoms with van der Waals surface area (Å²) in [6.45, 7) is 6.06. The third-order valence-electron chi connectivity index (χ3n) is 4.61. The first-order valence-corrected chi connectivity index (χ1v) is 10.6. The van der Waals surface area contributed by atoms with E-state index in [1.54, 1.807) is 38.1 Å². The van der Waals surface area contributed by atoms with Crippen LogP contribution in [0.25, 0.3) is 5.69 Å². The molecule has 31 heavy (non-hydrogen) atoms. The van der Waals surface area contributed by atoms with Crippen molar-refractivity contribution in [3.8, 4) is 5.69 Å². The van der Waals surface area contributed by atoms with Crippen LogP contribution in [0.1, 0.15) is 40.8 Å². The monoisotopic (exact) mass is 446 g/mol. The lowest BCUT2D eigenvalue weighted by Gasteiger charge is -2.09. The molecule has 2 aromatic heterocycles. The topological polar surface area (TPSA) is 122 Å². The number of nitro benzene ring substituents is 1. The van der Waals surface area contributed by atoms with E-state index < -0.39 is 22.1 Å². The molecule has 0 aliphatic heterocycles. The molecule has 0 aliphatic rings. The zero-order chi connectivity index (χ0) is 22.5. The van der Waals surface area contributed by atoms with Gasteiger partial charge in [0.2, 0.25) is 0 Å². The van der Waals surface area contributed by atoms with Crippen LogP contribution in [-0.4, -0.2) is 37.5 Å². The van der Waals surface area contributed by atoms with Gasteiger partial charge < -0.3 is 13.8 Å². The standard InChI is InChI=1S/C20H22N4O6S/c1-4-29-20(26)15-5-6-16(17(11-15)24(27)28)23-19(25)18(13(2)30-23)14(3)31-10-9-22-8-7-21-12-22/h5-8,11-12,14H,4,9-10H2,1-3H3. The summed E-state index contributed by atoms with van der Waals surface area (Å²) in [5, 5.41) is 11.4. The average molecular weight is 446 g/mol. The number of rotatable bonds is 9. The summed E-state index contributed by atoms with van der Waals surface area (Å²) >= 11 is 1.57. The minimum absolute atomic E-state index is 0.0253. The Kier molecular flexibility index (Phi) is 6.95. The Balaban J connectivity index is 1.89. The minimum Gasteiger partial charge on any atom is -0.462 e. The van der Waals surface area contributed by atoms with Gasteiger partial charge in [0.25, 0.3) is 11.2 Å². The summed E-state index contributed by atoms with van der Waals surface area (Å²) in [4.78, 5) is 39.9. The molecule has 0 aliphatic carbocycles. The van der Waals surface area contributed by atoms with Crippen molar-refractivity contribution in [1.29, 1.82) is 0 Å². The zero-order valence-electron chi connectivity index (χ0n) is 17.3. The second-order valence-electron chi connectivity index (χ2n) is 6.66. The van der Waals surface area contributed by atoms with Crippen LogP contribution in [0.4, 0.5) is 5.69 Å². The van der Waals surface area contributed by atoms with Crippen molar-refractivity contribution in [2.75, 3.05) is 12.4 Å². The van der Waals surface area contributed by atoms with Crippen LogP contribution >= 0.6 is 11.8 Å². The molecule has 1 atom stereocenters. The van der Waals surface area contributed by atoms with Crippen molar-refractivity contribution in [3.05, 3.63) is 74.3 Å². The van der Waals surface area contributed by atoms with Crippen LogP contribution in [0, 0.1) is 17.0 Å². The third kappa shape index (κ3) is 4.88. The highest BCUT2D eigenvalue weighted by molar-refractivity contribution is 7.99. The van der Waals surface area contributed by atoms with E-state index in [-0.39, 0.29) is 23.1 Å². The molecule has 0 amide bonds. The number of nitro groups is 1. The second-order valence-corrected chi connectivity index (χ2v) is 8.10. The molecule has 0 saturated heterocycles. The number of esters is 1. The number of imidazole rings is 1. The fourth-order valence-corrected chi connectivity index (χ4v) is 4.23. The molecule has 1 unspecified atom stereocenters. The van der Waals surface area contributed by atoms with Gasteiger partial charge in [0.1, 0.15) is 5.76 Å². The Hall–Kier alpha value is -3.34. The second kappa shape index (κ2) is 9.65. The van der Waals surface area contributed by atoms with Crippen LogP contribution in [0.5, 0.6) is 0 Å².